The van der Waals surface area contributed by atoms with E-state index in [0.29, 0.717) is 32.5 Å². The molecule has 146 valence electrons. The van der Waals surface area contributed by atoms with Gasteiger partial charge in [0.05, 0.1) is 28.0 Å². The Morgan fingerprint density at radius 1 is 1.24 bits per heavy atom. The molecule has 0 saturated heterocycles. The molecule has 0 atom stereocenters. The molecule has 0 aliphatic heterocycles. The molecule has 0 fully saturated rings. The summed E-state index contributed by atoms with van der Waals surface area (Å²) in [6.45, 7) is 0. The number of hydrogen-bond donors (Lipinski definition) is 1. The van der Waals surface area contributed by atoms with Gasteiger partial charge in [0, 0.05) is 12.1 Å². The molecule has 0 saturated carbocycles. The van der Waals surface area contributed by atoms with E-state index >= 15 is 0 Å². The first-order valence-electron chi connectivity index (χ1n) is 8.56. The van der Waals surface area contributed by atoms with Crippen LogP contribution in [0.3, 0.4) is 0 Å². The number of fused-ring (bicyclic) bond motifs is 1. The molecular formula is C19H15ClN6O2S. The fraction of sp³-hybridized carbons (Fsp3) is 0.105. The van der Waals surface area contributed by atoms with Crippen molar-refractivity contribution >= 4 is 45.9 Å². The van der Waals surface area contributed by atoms with Crippen molar-refractivity contribution in [1.82, 2.24) is 24.3 Å². The van der Waals surface area contributed by atoms with Gasteiger partial charge in [-0.25, -0.2) is 14.6 Å². The summed E-state index contributed by atoms with van der Waals surface area (Å²) in [4.78, 5) is 33.4. The molecule has 8 nitrogen and oxygen atoms in total. The largest absolute Gasteiger partial charge is 0.323 e. The second kappa shape index (κ2) is 8.06. The van der Waals surface area contributed by atoms with Crippen LogP contribution in [-0.4, -0.2) is 36.0 Å². The molecule has 10 heteroatoms. The highest BCUT2D eigenvalue weighted by atomic mass is 35.5. The molecule has 1 amide bonds. The Bertz CT molecular complexity index is 1260. The molecule has 29 heavy (non-hydrogen) atoms. The van der Waals surface area contributed by atoms with E-state index in [1.54, 1.807) is 43.4 Å². The normalized spacial score (nSPS) is 11.0. The van der Waals surface area contributed by atoms with Gasteiger partial charge in [-0.15, -0.1) is 0 Å². The lowest BCUT2D eigenvalue weighted by Gasteiger charge is -2.12. The van der Waals surface area contributed by atoms with Crippen LogP contribution in [0.4, 0.5) is 5.69 Å². The monoisotopic (exact) mass is 426 g/mol. The lowest BCUT2D eigenvalue weighted by atomic mass is 10.2. The maximum Gasteiger partial charge on any atom is 0.261 e. The van der Waals surface area contributed by atoms with Gasteiger partial charge in [0.2, 0.25) is 5.91 Å². The number of hydrogen-bond acceptors (Lipinski definition) is 6. The third-order valence-electron chi connectivity index (χ3n) is 4.17. The smallest absolute Gasteiger partial charge is 0.261 e. The van der Waals surface area contributed by atoms with Crippen LogP contribution < -0.4 is 10.9 Å². The van der Waals surface area contributed by atoms with Crippen molar-refractivity contribution in [2.45, 2.75) is 5.16 Å². The van der Waals surface area contributed by atoms with Crippen LogP contribution >= 0.6 is 23.4 Å². The first-order valence-corrected chi connectivity index (χ1v) is 9.92. The zero-order valence-corrected chi connectivity index (χ0v) is 16.8. The Kier molecular flexibility index (Phi) is 5.32. The molecule has 0 aliphatic rings. The Morgan fingerprint density at radius 3 is 2.86 bits per heavy atom. The van der Waals surface area contributed by atoms with Gasteiger partial charge in [-0.1, -0.05) is 35.5 Å². The van der Waals surface area contributed by atoms with Crippen molar-refractivity contribution < 1.29 is 4.79 Å². The summed E-state index contributed by atoms with van der Waals surface area (Å²) in [5.41, 5.74) is 1.60. The number of halogens is 1. The van der Waals surface area contributed by atoms with Crippen molar-refractivity contribution in [2.24, 2.45) is 7.05 Å². The summed E-state index contributed by atoms with van der Waals surface area (Å²) >= 11 is 7.26. The Balaban J connectivity index is 1.53. The van der Waals surface area contributed by atoms with Crippen molar-refractivity contribution in [3.63, 3.8) is 0 Å². The number of nitrogens with one attached hydrogen (secondary N) is 1. The summed E-state index contributed by atoms with van der Waals surface area (Å²) in [6, 6.07) is 12.2. The average molecular weight is 427 g/mol. The van der Waals surface area contributed by atoms with E-state index in [-0.39, 0.29) is 17.2 Å². The number of anilines is 1. The molecule has 0 aliphatic carbocycles. The summed E-state index contributed by atoms with van der Waals surface area (Å²) in [7, 11) is 1.64. The van der Waals surface area contributed by atoms with Crippen LogP contribution in [0.2, 0.25) is 5.02 Å². The molecule has 2 aromatic heterocycles. The zero-order chi connectivity index (χ0) is 20.4. The van der Waals surface area contributed by atoms with Gasteiger partial charge in [0.15, 0.2) is 5.16 Å². The van der Waals surface area contributed by atoms with E-state index in [0.717, 1.165) is 0 Å². The van der Waals surface area contributed by atoms with Gasteiger partial charge in [-0.2, -0.15) is 5.10 Å². The number of carbonyl (C=O) groups is 1. The summed E-state index contributed by atoms with van der Waals surface area (Å²) < 4.78 is 2.98. The first-order chi connectivity index (χ1) is 14.0. The summed E-state index contributed by atoms with van der Waals surface area (Å²) in [5.74, 6) is -0.192. The molecule has 0 bridgehead atoms. The van der Waals surface area contributed by atoms with Crippen LogP contribution in [-0.2, 0) is 11.8 Å². The summed E-state index contributed by atoms with van der Waals surface area (Å²) in [5, 5.41) is 8.41. The standard InChI is InChI=1S/C19H15ClN6O2S/c1-25-18(28)13-4-2-3-5-14(13)24-19(25)29-9-17(27)23-15-8-12(20)6-7-16(15)26-11-21-10-22-26/h2-8,10-11H,9H2,1H3,(H,23,27). The van der Waals surface area contributed by atoms with Crippen LogP contribution in [0.1, 0.15) is 0 Å². The predicted molar refractivity (Wildman–Crippen MR) is 113 cm³/mol. The highest BCUT2D eigenvalue weighted by Crippen LogP contribution is 2.24. The van der Waals surface area contributed by atoms with E-state index in [9.17, 15) is 9.59 Å². The second-order valence-corrected chi connectivity index (χ2v) is 7.49. The number of aromatic nitrogens is 5. The van der Waals surface area contributed by atoms with Crippen molar-refractivity contribution in [3.05, 3.63) is 70.5 Å². The molecule has 0 radical (unpaired) electrons. The lowest BCUT2D eigenvalue weighted by molar-refractivity contribution is -0.113. The van der Waals surface area contributed by atoms with Gasteiger partial charge >= 0.3 is 0 Å². The Hall–Kier alpha value is -3.17. The minimum absolute atomic E-state index is 0.0714. The van der Waals surface area contributed by atoms with Gasteiger partial charge in [-0.05, 0) is 30.3 Å². The number of amides is 1. The topological polar surface area (TPSA) is 94.7 Å². The average Bonchev–Trinajstić information content (AvgIpc) is 3.24. The van der Waals surface area contributed by atoms with Crippen LogP contribution in [0.25, 0.3) is 16.6 Å². The minimum atomic E-state index is -0.263. The van der Waals surface area contributed by atoms with Crippen LogP contribution in [0.15, 0.2) is 65.1 Å². The highest BCUT2D eigenvalue weighted by Gasteiger charge is 2.13. The van der Waals surface area contributed by atoms with Crippen molar-refractivity contribution in [1.29, 1.82) is 0 Å². The van der Waals surface area contributed by atoms with Crippen molar-refractivity contribution in [2.75, 3.05) is 11.1 Å². The summed E-state index contributed by atoms with van der Waals surface area (Å²) in [6.07, 6.45) is 2.93. The van der Waals surface area contributed by atoms with E-state index in [1.807, 2.05) is 6.07 Å². The highest BCUT2D eigenvalue weighted by molar-refractivity contribution is 7.99. The van der Waals surface area contributed by atoms with E-state index in [2.05, 4.69) is 20.4 Å². The zero-order valence-electron chi connectivity index (χ0n) is 15.2. The number of rotatable bonds is 5. The molecule has 4 aromatic rings. The van der Waals surface area contributed by atoms with Crippen LogP contribution in [0, 0.1) is 0 Å². The van der Waals surface area contributed by atoms with Gasteiger partial charge in [0.1, 0.15) is 12.7 Å². The lowest BCUT2D eigenvalue weighted by Crippen LogP contribution is -2.21. The number of nitrogens with zero attached hydrogens (tertiary/aromatic N) is 5. The minimum Gasteiger partial charge on any atom is -0.323 e. The van der Waals surface area contributed by atoms with Gasteiger partial charge < -0.3 is 5.32 Å². The molecule has 2 aromatic carbocycles. The van der Waals surface area contributed by atoms with Gasteiger partial charge in [0.25, 0.3) is 5.56 Å². The molecular weight excluding hydrogens is 412 g/mol. The number of para-hydroxylation sites is 1. The van der Waals surface area contributed by atoms with Crippen molar-refractivity contribution in [3.8, 4) is 5.69 Å². The SMILES string of the molecule is Cn1c(SCC(=O)Nc2cc(Cl)ccc2-n2cncn2)nc2ccccc2c1=O. The Morgan fingerprint density at radius 2 is 2.07 bits per heavy atom. The third-order valence-corrected chi connectivity index (χ3v) is 5.44. The quantitative estimate of drug-likeness (QED) is 0.389. The number of benzene rings is 2. The maximum absolute atomic E-state index is 12.5. The van der Waals surface area contributed by atoms with E-state index < -0.39 is 0 Å². The number of thioether (sulfide) groups is 1. The van der Waals surface area contributed by atoms with E-state index in [1.165, 1.54) is 33.7 Å². The fourth-order valence-corrected chi connectivity index (χ4v) is 3.73. The molecule has 0 spiro atoms. The fourth-order valence-electron chi connectivity index (χ4n) is 2.78. The maximum atomic E-state index is 12.5. The first kappa shape index (κ1) is 19.2. The molecule has 4 rings (SSSR count). The molecule has 1 N–H and O–H groups in total. The predicted octanol–water partition coefficient (Wildman–Crippen LogP) is 2.90. The molecule has 0 unspecified atom stereocenters. The van der Waals surface area contributed by atoms with E-state index in [4.69, 9.17) is 11.6 Å². The Labute approximate surface area is 174 Å². The molecule has 2 heterocycles. The van der Waals surface area contributed by atoms with Gasteiger partial charge in [-0.3, -0.25) is 14.2 Å². The second-order valence-electron chi connectivity index (χ2n) is 6.11. The third kappa shape index (κ3) is 4.01. The van der Waals surface area contributed by atoms with Crippen LogP contribution in [0.5, 0.6) is 0 Å². The number of carbonyl (C=O) groups excluding carboxylic acids is 1.